The molecule has 1 N–H and O–H groups in total. The first kappa shape index (κ1) is 14.5. The van der Waals surface area contributed by atoms with E-state index >= 15 is 0 Å². The van der Waals surface area contributed by atoms with Crippen LogP contribution in [0.3, 0.4) is 0 Å². The molecule has 0 aromatic rings. The minimum Gasteiger partial charge on any atom is -0.380 e. The number of nitrogens with one attached hydrogen (secondary N) is 1. The highest BCUT2D eigenvalue weighted by atomic mass is 16.5. The molecule has 1 aliphatic heterocycles. The number of nitrogens with zero attached hydrogens (tertiary/aromatic N) is 1. The van der Waals surface area contributed by atoms with Crippen LogP contribution in [0, 0.1) is 5.92 Å². The lowest BCUT2D eigenvalue weighted by molar-refractivity contribution is -0.139. The summed E-state index contributed by atoms with van der Waals surface area (Å²) in [7, 11) is 0. The van der Waals surface area contributed by atoms with Crippen molar-refractivity contribution in [2.24, 2.45) is 5.92 Å². The molecule has 5 nitrogen and oxygen atoms in total. The van der Waals surface area contributed by atoms with E-state index in [1.165, 1.54) is 4.90 Å². The van der Waals surface area contributed by atoms with Gasteiger partial charge in [0.1, 0.15) is 0 Å². The number of likely N-dealkylation sites (tertiary alicyclic amines) is 1. The third-order valence-corrected chi connectivity index (χ3v) is 3.82. The maximum Gasteiger partial charge on any atom is 0.247 e. The maximum atomic E-state index is 12.2. The summed E-state index contributed by atoms with van der Waals surface area (Å²) < 4.78 is 5.44. The number of imide groups is 1. The molecule has 0 aromatic heterocycles. The van der Waals surface area contributed by atoms with Gasteiger partial charge >= 0.3 is 0 Å². The van der Waals surface area contributed by atoms with Crippen molar-refractivity contribution in [3.05, 3.63) is 0 Å². The Balaban J connectivity index is 1.93. The highest BCUT2D eigenvalue weighted by Gasteiger charge is 2.46. The third-order valence-electron chi connectivity index (χ3n) is 3.82. The van der Waals surface area contributed by atoms with Crippen molar-refractivity contribution in [1.29, 1.82) is 0 Å². The van der Waals surface area contributed by atoms with E-state index in [4.69, 9.17) is 4.74 Å². The van der Waals surface area contributed by atoms with Crippen molar-refractivity contribution in [3.63, 3.8) is 0 Å². The second-order valence-electron chi connectivity index (χ2n) is 5.77. The molecule has 2 aliphatic rings. The zero-order valence-electron chi connectivity index (χ0n) is 12.0. The quantitative estimate of drug-likeness (QED) is 0.698. The van der Waals surface area contributed by atoms with E-state index in [0.29, 0.717) is 25.6 Å². The Morgan fingerprint density at radius 1 is 1.37 bits per heavy atom. The van der Waals surface area contributed by atoms with Crippen LogP contribution in [0.4, 0.5) is 0 Å². The first-order valence-corrected chi connectivity index (χ1v) is 7.24. The van der Waals surface area contributed by atoms with Gasteiger partial charge in [-0.3, -0.25) is 14.5 Å². The van der Waals surface area contributed by atoms with Gasteiger partial charge in [0.05, 0.1) is 19.1 Å². The van der Waals surface area contributed by atoms with Gasteiger partial charge in [-0.15, -0.1) is 0 Å². The number of amides is 2. The number of ether oxygens (including phenoxy) is 1. The highest BCUT2D eigenvalue weighted by Crippen LogP contribution is 2.31. The average molecular weight is 268 g/mol. The lowest BCUT2D eigenvalue weighted by Crippen LogP contribution is -2.48. The molecule has 1 saturated heterocycles. The van der Waals surface area contributed by atoms with Crippen LogP contribution in [-0.4, -0.2) is 48.1 Å². The van der Waals surface area contributed by atoms with Crippen LogP contribution in [0.2, 0.25) is 0 Å². The molecule has 0 aromatic carbocycles. The van der Waals surface area contributed by atoms with E-state index in [-0.39, 0.29) is 29.9 Å². The van der Waals surface area contributed by atoms with E-state index in [0.717, 1.165) is 12.8 Å². The minimum absolute atomic E-state index is 0.0242. The molecule has 2 amide bonds. The summed E-state index contributed by atoms with van der Waals surface area (Å²) in [6.07, 6.45) is 2.23. The fraction of sp³-hybridized carbons (Fsp3) is 0.857. The molecule has 0 radical (unpaired) electrons. The monoisotopic (exact) mass is 268 g/mol. The summed E-state index contributed by atoms with van der Waals surface area (Å²) in [5.41, 5.74) is 0. The Morgan fingerprint density at radius 2 is 2.05 bits per heavy atom. The van der Waals surface area contributed by atoms with Crippen LogP contribution in [0.1, 0.15) is 40.0 Å². The predicted molar refractivity (Wildman–Crippen MR) is 71.5 cm³/mol. The smallest absolute Gasteiger partial charge is 0.247 e. The third kappa shape index (κ3) is 3.34. The number of carbonyl (C=O) groups is 2. The molecule has 19 heavy (non-hydrogen) atoms. The van der Waals surface area contributed by atoms with Crippen molar-refractivity contribution >= 4 is 11.8 Å². The molecule has 2 atom stereocenters. The van der Waals surface area contributed by atoms with Crippen LogP contribution in [0.15, 0.2) is 0 Å². The minimum atomic E-state index is -0.360. The Morgan fingerprint density at radius 3 is 2.58 bits per heavy atom. The molecule has 0 bridgehead atoms. The summed E-state index contributed by atoms with van der Waals surface area (Å²) in [6, 6.07) is -0.0713. The van der Waals surface area contributed by atoms with Gasteiger partial charge in [-0.2, -0.15) is 0 Å². The molecule has 5 heteroatoms. The second-order valence-corrected chi connectivity index (χ2v) is 5.77. The molecule has 1 heterocycles. The van der Waals surface area contributed by atoms with Crippen molar-refractivity contribution in [1.82, 2.24) is 10.2 Å². The van der Waals surface area contributed by atoms with Crippen LogP contribution < -0.4 is 5.32 Å². The predicted octanol–water partition coefficient (Wildman–Crippen LogP) is 0.927. The van der Waals surface area contributed by atoms with E-state index in [1.807, 2.05) is 6.92 Å². The summed E-state index contributed by atoms with van der Waals surface area (Å²) in [5.74, 6) is 0.294. The van der Waals surface area contributed by atoms with Crippen molar-refractivity contribution < 1.29 is 14.3 Å². The zero-order valence-corrected chi connectivity index (χ0v) is 12.0. The lowest BCUT2D eigenvalue weighted by atomic mass is 10.0. The Labute approximate surface area is 114 Å². The van der Waals surface area contributed by atoms with Crippen molar-refractivity contribution in [2.75, 3.05) is 13.2 Å². The van der Waals surface area contributed by atoms with Crippen molar-refractivity contribution in [3.8, 4) is 0 Å². The van der Waals surface area contributed by atoms with Gasteiger partial charge < -0.3 is 10.1 Å². The highest BCUT2D eigenvalue weighted by molar-refractivity contribution is 6.06. The van der Waals surface area contributed by atoms with Crippen LogP contribution in [0.25, 0.3) is 0 Å². The molecule has 0 spiro atoms. The summed E-state index contributed by atoms with van der Waals surface area (Å²) in [6.45, 7) is 7.38. The molecule has 2 unspecified atom stereocenters. The number of rotatable bonds is 7. The number of carbonyl (C=O) groups excluding carboxylic acids is 2. The fourth-order valence-corrected chi connectivity index (χ4v) is 2.43. The molecule has 108 valence electrons. The summed E-state index contributed by atoms with van der Waals surface area (Å²) >= 11 is 0. The van der Waals surface area contributed by atoms with E-state index < -0.39 is 0 Å². The maximum absolute atomic E-state index is 12.2. The number of hydrogen-bond donors (Lipinski definition) is 1. The van der Waals surface area contributed by atoms with Gasteiger partial charge in [0, 0.05) is 18.7 Å². The van der Waals surface area contributed by atoms with Gasteiger partial charge in [-0.05, 0) is 25.7 Å². The SMILES string of the molecule is CCOCC(NC1CC(=O)N(C2CC2)C1=O)C(C)C. The lowest BCUT2D eigenvalue weighted by Gasteiger charge is -2.25. The normalized spacial score (nSPS) is 25.5. The Bertz CT molecular complexity index is 353. The summed E-state index contributed by atoms with van der Waals surface area (Å²) in [5, 5.41) is 3.31. The van der Waals surface area contributed by atoms with Gasteiger partial charge in [0.15, 0.2) is 0 Å². The van der Waals surface area contributed by atoms with E-state index in [2.05, 4.69) is 19.2 Å². The molecule has 2 fully saturated rings. The molecular formula is C14H24N2O3. The first-order valence-electron chi connectivity index (χ1n) is 7.24. The molecule has 1 saturated carbocycles. The molecule has 2 rings (SSSR count). The first-order chi connectivity index (χ1) is 9.04. The summed E-state index contributed by atoms with van der Waals surface area (Å²) in [4.78, 5) is 25.6. The van der Waals surface area contributed by atoms with Gasteiger partial charge in [0.25, 0.3) is 0 Å². The second kappa shape index (κ2) is 6.01. The molecule has 1 aliphatic carbocycles. The topological polar surface area (TPSA) is 58.6 Å². The van der Waals surface area contributed by atoms with E-state index in [9.17, 15) is 9.59 Å². The van der Waals surface area contributed by atoms with Crippen LogP contribution >= 0.6 is 0 Å². The number of hydrogen-bond acceptors (Lipinski definition) is 4. The molecular weight excluding hydrogens is 244 g/mol. The van der Waals surface area contributed by atoms with Crippen molar-refractivity contribution in [2.45, 2.75) is 58.2 Å². The largest absolute Gasteiger partial charge is 0.380 e. The van der Waals surface area contributed by atoms with Gasteiger partial charge in [-0.25, -0.2) is 0 Å². The van der Waals surface area contributed by atoms with Gasteiger partial charge in [0.2, 0.25) is 11.8 Å². The standard InChI is InChI=1S/C14H24N2O3/c1-4-19-8-12(9(2)3)15-11-7-13(17)16(14(11)18)10-5-6-10/h9-12,15H,4-8H2,1-3H3. The average Bonchev–Trinajstić information content (AvgIpc) is 3.13. The fourth-order valence-electron chi connectivity index (χ4n) is 2.43. The van der Waals surface area contributed by atoms with Gasteiger partial charge in [-0.1, -0.05) is 13.8 Å². The Kier molecular flexibility index (Phi) is 4.58. The zero-order chi connectivity index (χ0) is 14.0. The van der Waals surface area contributed by atoms with Crippen LogP contribution in [-0.2, 0) is 14.3 Å². The van der Waals surface area contributed by atoms with Crippen LogP contribution in [0.5, 0.6) is 0 Å². The Hall–Kier alpha value is -0.940. The van der Waals surface area contributed by atoms with E-state index in [1.54, 1.807) is 0 Å².